The van der Waals surface area contributed by atoms with Crippen LogP contribution in [0.5, 0.6) is 0 Å². The van der Waals surface area contributed by atoms with Crippen LogP contribution in [-0.4, -0.2) is 46.0 Å². The molecule has 0 spiro atoms. The number of nitrogens with one attached hydrogen (secondary N) is 2. The summed E-state index contributed by atoms with van der Waals surface area (Å²) < 4.78 is 23.5. The molecule has 0 atom stereocenters. The summed E-state index contributed by atoms with van der Waals surface area (Å²) in [5.41, 5.74) is -0.140. The summed E-state index contributed by atoms with van der Waals surface area (Å²) in [4.78, 5) is 12.1. The molecular weight excluding hydrogens is 312 g/mol. The Balaban J connectivity index is -0.00000116. The molecule has 0 radical (unpaired) electrons. The minimum Gasteiger partial charge on any atom is -0.356 e. The zero-order valence-electron chi connectivity index (χ0n) is 15.6. The van der Waals surface area contributed by atoms with E-state index in [1.54, 1.807) is 0 Å². The van der Waals surface area contributed by atoms with Gasteiger partial charge in [0.2, 0.25) is 5.91 Å². The number of amides is 1. The zero-order chi connectivity index (χ0) is 17.9. The van der Waals surface area contributed by atoms with E-state index in [-0.39, 0.29) is 25.7 Å². The Morgan fingerprint density at radius 2 is 1.65 bits per heavy atom. The van der Waals surface area contributed by atoms with Gasteiger partial charge in [-0.1, -0.05) is 27.7 Å². The first-order valence-electron chi connectivity index (χ1n) is 8.97. The maximum absolute atomic E-state index is 12.1. The average molecular weight is 353 g/mol. The highest BCUT2D eigenvalue weighted by Crippen LogP contribution is 2.51. The van der Waals surface area contributed by atoms with Crippen molar-refractivity contribution < 1.29 is 16.1 Å². The van der Waals surface area contributed by atoms with Crippen LogP contribution in [0, 0.1) is 11.3 Å². The van der Waals surface area contributed by atoms with Gasteiger partial charge in [-0.25, -0.2) is 8.42 Å². The van der Waals surface area contributed by atoms with Crippen molar-refractivity contribution in [3.63, 3.8) is 0 Å². The van der Waals surface area contributed by atoms with Gasteiger partial charge in [0, 0.05) is 9.40 Å². The second-order valence-electron chi connectivity index (χ2n) is 6.38. The Labute approximate surface area is 145 Å². The third-order valence-corrected chi connectivity index (χ3v) is 6.22. The molecule has 0 aromatic heterocycles. The molecule has 0 heterocycles. The van der Waals surface area contributed by atoms with Gasteiger partial charge >= 0.3 is 0 Å². The lowest BCUT2D eigenvalue weighted by atomic mass is 9.91. The molecular formula is C17H40N2O3S. The molecule has 23 heavy (non-hydrogen) atoms. The Kier molecular flexibility index (Phi) is 10.7. The second kappa shape index (κ2) is 11.0. The van der Waals surface area contributed by atoms with Gasteiger partial charge in [-0.3, -0.25) is 4.79 Å². The van der Waals surface area contributed by atoms with E-state index in [4.69, 9.17) is 0 Å². The lowest BCUT2D eigenvalue weighted by molar-refractivity contribution is -0.127. The largest absolute Gasteiger partial charge is 0.356 e. The molecule has 2 N–H and O–H groups in total. The fourth-order valence-corrected chi connectivity index (χ4v) is 4.03. The van der Waals surface area contributed by atoms with E-state index in [0.717, 1.165) is 25.8 Å². The normalized spacial score (nSPS) is 15.7. The van der Waals surface area contributed by atoms with Gasteiger partial charge in [-0.05, 0) is 51.6 Å². The van der Waals surface area contributed by atoms with Crippen LogP contribution in [0.15, 0.2) is 0 Å². The highest BCUT2D eigenvalue weighted by atomic mass is 32.2. The predicted molar refractivity (Wildman–Crippen MR) is 102 cm³/mol. The van der Waals surface area contributed by atoms with Crippen LogP contribution in [-0.2, 0) is 14.6 Å². The first-order chi connectivity index (χ1) is 10.8. The molecule has 1 fully saturated rings. The van der Waals surface area contributed by atoms with E-state index < -0.39 is 9.84 Å². The molecule has 0 unspecified atom stereocenters. The van der Waals surface area contributed by atoms with E-state index in [9.17, 15) is 13.2 Å². The number of carbonyl (C=O) groups is 1. The third kappa shape index (κ3) is 8.15. The fraction of sp³-hybridized carbons (Fsp3) is 0.941. The number of unbranched alkanes of at least 4 members (excludes halogenated alkanes) is 1. The van der Waals surface area contributed by atoms with Crippen LogP contribution in [0.2, 0.25) is 0 Å². The summed E-state index contributed by atoms with van der Waals surface area (Å²) in [6, 6.07) is 0. The molecule has 5 nitrogen and oxygen atoms in total. The third-order valence-electron chi connectivity index (χ3n) is 4.40. The van der Waals surface area contributed by atoms with Crippen molar-refractivity contribution >= 4 is 15.7 Å². The van der Waals surface area contributed by atoms with Crippen LogP contribution >= 0.6 is 0 Å². The van der Waals surface area contributed by atoms with Crippen LogP contribution in [0.4, 0.5) is 0 Å². The van der Waals surface area contributed by atoms with Crippen molar-refractivity contribution in [3.05, 3.63) is 0 Å². The van der Waals surface area contributed by atoms with Crippen molar-refractivity contribution in [2.75, 3.05) is 31.6 Å². The molecule has 1 saturated carbocycles. The summed E-state index contributed by atoms with van der Waals surface area (Å²) >= 11 is 0. The number of hydrogen-bond acceptors (Lipinski definition) is 4. The molecule has 142 valence electrons. The van der Waals surface area contributed by atoms with E-state index in [0.29, 0.717) is 25.3 Å². The molecule has 1 amide bonds. The van der Waals surface area contributed by atoms with E-state index in [2.05, 4.69) is 24.5 Å². The minimum atomic E-state index is -2.94. The highest BCUT2D eigenvalue weighted by Gasteiger charge is 2.51. The second-order valence-corrected chi connectivity index (χ2v) is 8.69. The SMILES string of the molecule is CC.CNCCCS(=O)(=O)CCCCNC(=O)C1(C(C)C)CC1.[HH].[HH]. The van der Waals surface area contributed by atoms with Gasteiger partial charge in [0.1, 0.15) is 9.84 Å². The lowest BCUT2D eigenvalue weighted by Gasteiger charge is -2.18. The summed E-state index contributed by atoms with van der Waals surface area (Å²) in [6.07, 6.45) is 3.97. The number of carbonyl (C=O) groups excluding carboxylic acids is 1. The van der Waals surface area contributed by atoms with E-state index in [1.807, 2.05) is 20.9 Å². The van der Waals surface area contributed by atoms with E-state index >= 15 is 0 Å². The maximum atomic E-state index is 12.1. The number of hydrogen-bond donors (Lipinski definition) is 2. The van der Waals surface area contributed by atoms with Crippen LogP contribution < -0.4 is 10.6 Å². The van der Waals surface area contributed by atoms with Crippen LogP contribution in [0.3, 0.4) is 0 Å². The van der Waals surface area contributed by atoms with Crippen molar-refractivity contribution in [2.24, 2.45) is 11.3 Å². The van der Waals surface area contributed by atoms with Gasteiger partial charge in [-0.15, -0.1) is 0 Å². The summed E-state index contributed by atoms with van der Waals surface area (Å²) in [6.45, 7) is 9.49. The Morgan fingerprint density at radius 1 is 1.09 bits per heavy atom. The van der Waals surface area contributed by atoms with Gasteiger partial charge in [-0.2, -0.15) is 0 Å². The minimum absolute atomic E-state index is 0. The van der Waals surface area contributed by atoms with Crippen LogP contribution in [0.25, 0.3) is 0 Å². The molecule has 0 saturated heterocycles. The van der Waals surface area contributed by atoms with E-state index in [1.165, 1.54) is 0 Å². The van der Waals surface area contributed by atoms with Crippen molar-refractivity contribution in [2.45, 2.75) is 59.8 Å². The topological polar surface area (TPSA) is 75.3 Å². The predicted octanol–water partition coefficient (Wildman–Crippen LogP) is 2.86. The van der Waals surface area contributed by atoms with Crippen molar-refractivity contribution in [1.82, 2.24) is 10.6 Å². The molecule has 0 aromatic carbocycles. The Hall–Kier alpha value is -0.620. The number of rotatable bonds is 11. The van der Waals surface area contributed by atoms with Gasteiger partial charge in [0.05, 0.1) is 16.9 Å². The van der Waals surface area contributed by atoms with Crippen molar-refractivity contribution in [1.29, 1.82) is 0 Å². The molecule has 1 aliphatic carbocycles. The molecule has 0 aromatic rings. The zero-order valence-corrected chi connectivity index (χ0v) is 16.4. The molecule has 1 aliphatic rings. The first-order valence-corrected chi connectivity index (χ1v) is 10.8. The molecule has 6 heteroatoms. The average Bonchev–Trinajstić information content (AvgIpc) is 3.30. The lowest BCUT2D eigenvalue weighted by Crippen LogP contribution is -2.35. The summed E-state index contributed by atoms with van der Waals surface area (Å²) in [5.74, 6) is 0.998. The quantitative estimate of drug-likeness (QED) is 0.561. The fourth-order valence-electron chi connectivity index (χ4n) is 2.60. The molecule has 0 bridgehead atoms. The molecule has 0 aliphatic heterocycles. The monoisotopic (exact) mass is 352 g/mol. The smallest absolute Gasteiger partial charge is 0.226 e. The van der Waals surface area contributed by atoms with Gasteiger partial charge in [0.25, 0.3) is 0 Å². The first kappa shape index (κ1) is 22.4. The number of sulfone groups is 1. The Bertz CT molecular complexity index is 439. The summed E-state index contributed by atoms with van der Waals surface area (Å²) in [7, 11) is -1.12. The Morgan fingerprint density at radius 3 is 2.13 bits per heavy atom. The van der Waals surface area contributed by atoms with Crippen LogP contribution in [0.1, 0.15) is 62.7 Å². The standard InChI is InChI=1S/C15H30N2O3S.C2H6.2H2/c1-13(2)15(7-8-15)14(18)17-10-4-5-11-21(19,20)12-6-9-16-3;1-2;;/h13,16H,4-12H2,1-3H3,(H,17,18);1-2H3;2*1H. The van der Waals surface area contributed by atoms with Gasteiger partial charge in [0.15, 0.2) is 0 Å². The molecule has 1 rings (SSSR count). The maximum Gasteiger partial charge on any atom is 0.226 e. The van der Waals surface area contributed by atoms with Crippen molar-refractivity contribution in [3.8, 4) is 0 Å². The highest BCUT2D eigenvalue weighted by molar-refractivity contribution is 7.91. The van der Waals surface area contributed by atoms with Gasteiger partial charge < -0.3 is 10.6 Å². The summed E-state index contributed by atoms with van der Waals surface area (Å²) in [5, 5.41) is 5.91.